The van der Waals surface area contributed by atoms with E-state index in [4.69, 9.17) is 4.42 Å². The van der Waals surface area contributed by atoms with Gasteiger partial charge in [0.15, 0.2) is 0 Å². The third kappa shape index (κ3) is 2.24. The quantitative estimate of drug-likeness (QED) is 0.911. The lowest BCUT2D eigenvalue weighted by molar-refractivity contribution is 0.194. The van der Waals surface area contributed by atoms with Crippen LogP contribution >= 0.6 is 0 Å². The fourth-order valence-corrected chi connectivity index (χ4v) is 2.49. The number of nitrogens with zero attached hydrogens (tertiary/aromatic N) is 3. The van der Waals surface area contributed by atoms with Crippen molar-refractivity contribution in [2.45, 2.75) is 25.5 Å². The van der Waals surface area contributed by atoms with Crippen LogP contribution in [0.15, 0.2) is 22.6 Å². The van der Waals surface area contributed by atoms with Crippen molar-refractivity contribution in [1.82, 2.24) is 10.2 Å². The molecule has 5 nitrogen and oxygen atoms in total. The second-order valence-corrected chi connectivity index (χ2v) is 4.83. The molecule has 1 saturated heterocycles. The van der Waals surface area contributed by atoms with E-state index in [9.17, 15) is 13.9 Å². The summed E-state index contributed by atoms with van der Waals surface area (Å²) in [5, 5.41) is 17.4. The molecule has 1 N–H and O–H groups in total. The topological polar surface area (TPSA) is 62.4 Å². The molecular weight excluding hydrogens is 268 g/mol. The van der Waals surface area contributed by atoms with Crippen LogP contribution in [0.4, 0.5) is 14.8 Å². The highest BCUT2D eigenvalue weighted by atomic mass is 19.1. The van der Waals surface area contributed by atoms with E-state index < -0.39 is 23.8 Å². The number of halogens is 2. The third-order valence-corrected chi connectivity index (χ3v) is 3.36. The minimum Gasteiger partial charge on any atom is -0.408 e. The number of rotatable bonds is 2. The van der Waals surface area contributed by atoms with E-state index in [1.165, 1.54) is 0 Å². The van der Waals surface area contributed by atoms with Gasteiger partial charge in [-0.15, -0.1) is 5.10 Å². The Bertz CT molecular complexity index is 632. The Morgan fingerprint density at radius 3 is 2.85 bits per heavy atom. The van der Waals surface area contributed by atoms with Crippen molar-refractivity contribution < 1.29 is 18.3 Å². The molecule has 0 unspecified atom stereocenters. The summed E-state index contributed by atoms with van der Waals surface area (Å²) < 4.78 is 32.5. The van der Waals surface area contributed by atoms with Crippen LogP contribution in [-0.2, 0) is 0 Å². The molecule has 2 atom stereocenters. The van der Waals surface area contributed by atoms with Gasteiger partial charge in [0.05, 0.1) is 12.1 Å². The van der Waals surface area contributed by atoms with E-state index in [-0.39, 0.29) is 24.5 Å². The molecule has 7 heteroatoms. The Kier molecular flexibility index (Phi) is 3.13. The molecular formula is C13H13F2N3O2. The number of β-amino-alcohol motifs (C(OH)–C–C–N with tert-alkyl or cyclic N) is 1. The lowest BCUT2D eigenvalue weighted by Crippen LogP contribution is -2.25. The molecule has 20 heavy (non-hydrogen) atoms. The summed E-state index contributed by atoms with van der Waals surface area (Å²) in [6, 6.07) is 2.94. The number of benzene rings is 1. The highest BCUT2D eigenvalue weighted by Crippen LogP contribution is 2.36. The van der Waals surface area contributed by atoms with E-state index in [0.717, 1.165) is 18.2 Å². The lowest BCUT2D eigenvalue weighted by atomic mass is 10.0. The Labute approximate surface area is 113 Å². The van der Waals surface area contributed by atoms with E-state index in [0.29, 0.717) is 5.89 Å². The number of hydrogen-bond acceptors (Lipinski definition) is 5. The highest BCUT2D eigenvalue weighted by Gasteiger charge is 2.36. The molecule has 0 bridgehead atoms. The average molecular weight is 281 g/mol. The van der Waals surface area contributed by atoms with Crippen LogP contribution in [0.1, 0.15) is 23.9 Å². The molecule has 0 aliphatic carbocycles. The van der Waals surface area contributed by atoms with Gasteiger partial charge in [-0.3, -0.25) is 0 Å². The summed E-state index contributed by atoms with van der Waals surface area (Å²) in [7, 11) is 0. The van der Waals surface area contributed by atoms with Crippen molar-refractivity contribution >= 4 is 6.01 Å². The largest absolute Gasteiger partial charge is 0.408 e. The first kappa shape index (κ1) is 13.0. The smallest absolute Gasteiger partial charge is 0.318 e. The number of aliphatic hydroxyl groups excluding tert-OH is 1. The van der Waals surface area contributed by atoms with Gasteiger partial charge in [-0.05, 0) is 24.6 Å². The molecule has 1 aromatic carbocycles. The fraction of sp³-hybridized carbons (Fsp3) is 0.385. The molecule has 0 spiro atoms. The van der Waals surface area contributed by atoms with Crippen LogP contribution in [0.5, 0.6) is 0 Å². The summed E-state index contributed by atoms with van der Waals surface area (Å²) >= 11 is 0. The number of aromatic nitrogens is 2. The molecule has 0 radical (unpaired) electrons. The minimum atomic E-state index is -0.658. The average Bonchev–Trinajstić information content (AvgIpc) is 2.98. The van der Waals surface area contributed by atoms with Crippen LogP contribution in [-0.4, -0.2) is 28.0 Å². The highest BCUT2D eigenvalue weighted by molar-refractivity contribution is 5.37. The lowest BCUT2D eigenvalue weighted by Gasteiger charge is -2.22. The Hall–Kier alpha value is -2.02. The van der Waals surface area contributed by atoms with Gasteiger partial charge in [0.2, 0.25) is 5.89 Å². The summed E-state index contributed by atoms with van der Waals surface area (Å²) in [4.78, 5) is 1.60. The van der Waals surface area contributed by atoms with E-state index in [1.54, 1.807) is 11.8 Å². The van der Waals surface area contributed by atoms with Crippen LogP contribution in [0.2, 0.25) is 0 Å². The Balaban J connectivity index is 2.00. The van der Waals surface area contributed by atoms with Crippen molar-refractivity contribution in [2.24, 2.45) is 0 Å². The fourth-order valence-electron chi connectivity index (χ4n) is 2.49. The molecule has 1 aromatic heterocycles. The van der Waals surface area contributed by atoms with Gasteiger partial charge in [0.1, 0.15) is 11.6 Å². The van der Waals surface area contributed by atoms with E-state index in [2.05, 4.69) is 10.2 Å². The zero-order chi connectivity index (χ0) is 14.3. The van der Waals surface area contributed by atoms with Crippen molar-refractivity contribution in [1.29, 1.82) is 0 Å². The van der Waals surface area contributed by atoms with Crippen LogP contribution in [0.3, 0.4) is 0 Å². The number of aliphatic hydroxyl groups is 1. The van der Waals surface area contributed by atoms with E-state index in [1.807, 2.05) is 0 Å². The number of aryl methyl sites for hydroxylation is 1. The summed E-state index contributed by atoms with van der Waals surface area (Å²) in [5.74, 6) is -0.670. The molecule has 106 valence electrons. The SMILES string of the molecule is Cc1nnc(N2C[C@@H](O)C[C@@H]2c2cc(F)ccc2F)o1. The predicted molar refractivity (Wildman–Crippen MR) is 66.1 cm³/mol. The second kappa shape index (κ2) is 4.82. The summed E-state index contributed by atoms with van der Waals surface area (Å²) in [5.41, 5.74) is 0.178. The third-order valence-electron chi connectivity index (χ3n) is 3.36. The molecule has 1 aliphatic heterocycles. The molecule has 1 fully saturated rings. The maximum atomic E-state index is 13.9. The maximum Gasteiger partial charge on any atom is 0.318 e. The van der Waals surface area contributed by atoms with Crippen molar-refractivity contribution in [3.63, 3.8) is 0 Å². The van der Waals surface area contributed by atoms with Crippen LogP contribution in [0.25, 0.3) is 0 Å². The van der Waals surface area contributed by atoms with Gasteiger partial charge >= 0.3 is 6.01 Å². The van der Waals surface area contributed by atoms with Gasteiger partial charge in [0.25, 0.3) is 0 Å². The van der Waals surface area contributed by atoms with Crippen LogP contribution in [0, 0.1) is 18.6 Å². The first-order valence-electron chi connectivity index (χ1n) is 6.24. The Morgan fingerprint density at radius 2 is 2.15 bits per heavy atom. The molecule has 1 aliphatic rings. The zero-order valence-electron chi connectivity index (χ0n) is 10.8. The molecule has 2 heterocycles. The van der Waals surface area contributed by atoms with Crippen molar-refractivity contribution in [3.05, 3.63) is 41.3 Å². The molecule has 2 aromatic rings. The number of anilines is 1. The molecule has 3 rings (SSSR count). The first-order chi connectivity index (χ1) is 9.54. The standard InChI is InChI=1S/C13H13F2N3O2/c1-7-16-17-13(20-7)18-6-9(19)5-12(18)10-4-8(14)2-3-11(10)15/h2-4,9,12,19H,5-6H2,1H3/t9-,12+/m0/s1. The zero-order valence-corrected chi connectivity index (χ0v) is 10.8. The maximum absolute atomic E-state index is 13.9. The van der Waals surface area contributed by atoms with Gasteiger partial charge in [-0.2, -0.15) is 0 Å². The van der Waals surface area contributed by atoms with Crippen molar-refractivity contribution in [3.8, 4) is 0 Å². The summed E-state index contributed by atoms with van der Waals surface area (Å²) in [6.45, 7) is 1.88. The van der Waals surface area contributed by atoms with Crippen LogP contribution < -0.4 is 4.90 Å². The van der Waals surface area contributed by atoms with Gasteiger partial charge < -0.3 is 14.4 Å². The van der Waals surface area contributed by atoms with Gasteiger partial charge in [0, 0.05) is 19.0 Å². The van der Waals surface area contributed by atoms with E-state index >= 15 is 0 Å². The predicted octanol–water partition coefficient (Wildman–Crippen LogP) is 1.97. The Morgan fingerprint density at radius 1 is 1.35 bits per heavy atom. The first-order valence-corrected chi connectivity index (χ1v) is 6.24. The number of hydrogen-bond donors (Lipinski definition) is 1. The molecule has 0 amide bonds. The summed E-state index contributed by atoms with van der Waals surface area (Å²) in [6.07, 6.45) is -0.378. The van der Waals surface area contributed by atoms with Gasteiger partial charge in [-0.25, -0.2) is 8.78 Å². The van der Waals surface area contributed by atoms with Gasteiger partial charge in [-0.1, -0.05) is 5.10 Å². The monoisotopic (exact) mass is 281 g/mol. The second-order valence-electron chi connectivity index (χ2n) is 4.83. The normalized spacial score (nSPS) is 22.5. The minimum absolute atomic E-state index is 0.178. The van der Waals surface area contributed by atoms with Crippen molar-refractivity contribution in [2.75, 3.05) is 11.4 Å². The molecule has 0 saturated carbocycles.